The van der Waals surface area contributed by atoms with E-state index in [1.165, 1.54) is 0 Å². The average molecular weight is 242 g/mol. The summed E-state index contributed by atoms with van der Waals surface area (Å²) in [7, 11) is 0. The largest absolute Gasteiger partial charge is 0.348 e. The van der Waals surface area contributed by atoms with Gasteiger partial charge in [0.25, 0.3) is 0 Å². The number of benzene rings is 1. The van der Waals surface area contributed by atoms with Crippen LogP contribution in [0, 0.1) is 11.6 Å². The van der Waals surface area contributed by atoms with Crippen LogP contribution in [0.5, 0.6) is 0 Å². The standard InChI is InChI=1S/C11H12F2N2O2/c1-2-5-14-10(16)11(17)15-9-4-3-7(12)6-8(9)13/h3-4,6H,2,5H2,1H3,(H,14,16)(H,15,17). The highest BCUT2D eigenvalue weighted by Crippen LogP contribution is 2.14. The number of amides is 2. The summed E-state index contributed by atoms with van der Waals surface area (Å²) in [4.78, 5) is 22.4. The summed E-state index contributed by atoms with van der Waals surface area (Å²) in [5.74, 6) is -3.52. The Kier molecular flexibility index (Phi) is 4.56. The maximum atomic E-state index is 13.1. The number of anilines is 1. The van der Waals surface area contributed by atoms with E-state index in [2.05, 4.69) is 10.6 Å². The van der Waals surface area contributed by atoms with Crippen LogP contribution in [-0.2, 0) is 9.59 Å². The zero-order valence-corrected chi connectivity index (χ0v) is 9.22. The minimum absolute atomic E-state index is 0.233. The Balaban J connectivity index is 2.64. The Labute approximate surface area is 97.0 Å². The van der Waals surface area contributed by atoms with Crippen molar-refractivity contribution in [3.05, 3.63) is 29.8 Å². The molecule has 17 heavy (non-hydrogen) atoms. The van der Waals surface area contributed by atoms with Crippen molar-refractivity contribution in [1.29, 1.82) is 0 Å². The van der Waals surface area contributed by atoms with Crippen molar-refractivity contribution >= 4 is 17.5 Å². The number of halogens is 2. The molecule has 92 valence electrons. The van der Waals surface area contributed by atoms with Crippen LogP contribution in [0.15, 0.2) is 18.2 Å². The second kappa shape index (κ2) is 5.93. The van der Waals surface area contributed by atoms with Gasteiger partial charge in [0.2, 0.25) is 0 Å². The summed E-state index contributed by atoms with van der Waals surface area (Å²) in [5, 5.41) is 4.39. The third-order valence-corrected chi connectivity index (χ3v) is 1.92. The Bertz CT molecular complexity index is 435. The van der Waals surface area contributed by atoms with Gasteiger partial charge in [0.15, 0.2) is 0 Å². The van der Waals surface area contributed by atoms with Gasteiger partial charge in [-0.25, -0.2) is 8.78 Å². The number of nitrogens with one attached hydrogen (secondary N) is 2. The predicted octanol–water partition coefficient (Wildman–Crippen LogP) is 1.43. The number of carbonyl (C=O) groups excluding carboxylic acids is 2. The molecule has 0 aliphatic carbocycles. The first-order chi connectivity index (χ1) is 8.04. The SMILES string of the molecule is CCCNC(=O)C(=O)Nc1ccc(F)cc1F. The van der Waals surface area contributed by atoms with Crippen molar-refractivity contribution in [3.63, 3.8) is 0 Å². The van der Waals surface area contributed by atoms with Crippen LogP contribution in [0.25, 0.3) is 0 Å². The fourth-order valence-corrected chi connectivity index (χ4v) is 1.09. The topological polar surface area (TPSA) is 58.2 Å². The zero-order chi connectivity index (χ0) is 12.8. The summed E-state index contributed by atoms with van der Waals surface area (Å²) in [5.41, 5.74) is -0.233. The Morgan fingerprint density at radius 2 is 1.94 bits per heavy atom. The van der Waals surface area contributed by atoms with Crippen molar-refractivity contribution in [3.8, 4) is 0 Å². The molecule has 0 atom stereocenters. The zero-order valence-electron chi connectivity index (χ0n) is 9.22. The summed E-state index contributed by atoms with van der Waals surface area (Å²) >= 11 is 0. The van der Waals surface area contributed by atoms with E-state index in [4.69, 9.17) is 0 Å². The molecule has 0 spiro atoms. The lowest BCUT2D eigenvalue weighted by molar-refractivity contribution is -0.136. The Hall–Kier alpha value is -1.98. The molecule has 0 radical (unpaired) electrons. The minimum Gasteiger partial charge on any atom is -0.348 e. The molecule has 0 aliphatic rings. The molecule has 0 fully saturated rings. The van der Waals surface area contributed by atoms with Crippen molar-refractivity contribution in [1.82, 2.24) is 5.32 Å². The van der Waals surface area contributed by atoms with Gasteiger partial charge in [-0.3, -0.25) is 9.59 Å². The van der Waals surface area contributed by atoms with Gasteiger partial charge in [0, 0.05) is 12.6 Å². The molecule has 1 aromatic rings. The van der Waals surface area contributed by atoms with Gasteiger partial charge in [-0.05, 0) is 18.6 Å². The highest BCUT2D eigenvalue weighted by atomic mass is 19.1. The molecule has 1 aromatic carbocycles. The Morgan fingerprint density at radius 1 is 1.24 bits per heavy atom. The second-order valence-corrected chi connectivity index (χ2v) is 3.33. The van der Waals surface area contributed by atoms with Crippen LogP contribution in [0.4, 0.5) is 14.5 Å². The quantitative estimate of drug-likeness (QED) is 0.788. The average Bonchev–Trinajstić information content (AvgIpc) is 2.29. The van der Waals surface area contributed by atoms with Crippen LogP contribution in [0.1, 0.15) is 13.3 Å². The number of hydrogen-bond acceptors (Lipinski definition) is 2. The molecule has 0 aromatic heterocycles. The number of rotatable bonds is 3. The fourth-order valence-electron chi connectivity index (χ4n) is 1.09. The monoisotopic (exact) mass is 242 g/mol. The molecule has 0 saturated heterocycles. The van der Waals surface area contributed by atoms with Crippen molar-refractivity contribution in [2.75, 3.05) is 11.9 Å². The summed E-state index contributed by atoms with van der Waals surface area (Å²) < 4.78 is 25.7. The maximum Gasteiger partial charge on any atom is 0.313 e. The van der Waals surface area contributed by atoms with Gasteiger partial charge < -0.3 is 10.6 Å². The molecule has 0 bridgehead atoms. The predicted molar refractivity (Wildman–Crippen MR) is 58.3 cm³/mol. The second-order valence-electron chi connectivity index (χ2n) is 3.33. The first-order valence-corrected chi connectivity index (χ1v) is 5.08. The lowest BCUT2D eigenvalue weighted by Gasteiger charge is -2.06. The molecular formula is C11H12F2N2O2. The van der Waals surface area contributed by atoms with E-state index in [9.17, 15) is 18.4 Å². The number of hydrogen-bond donors (Lipinski definition) is 2. The molecule has 0 saturated carbocycles. The van der Waals surface area contributed by atoms with Crippen LogP contribution in [0.2, 0.25) is 0 Å². The summed E-state index contributed by atoms with van der Waals surface area (Å²) in [6.07, 6.45) is 0.684. The molecule has 6 heteroatoms. The molecule has 1 rings (SSSR count). The van der Waals surface area contributed by atoms with Gasteiger partial charge in [0.1, 0.15) is 11.6 Å². The Morgan fingerprint density at radius 3 is 2.53 bits per heavy atom. The molecule has 2 N–H and O–H groups in total. The molecule has 0 aliphatic heterocycles. The lowest BCUT2D eigenvalue weighted by atomic mass is 10.3. The third kappa shape index (κ3) is 3.82. The van der Waals surface area contributed by atoms with Gasteiger partial charge in [0.05, 0.1) is 5.69 Å². The van der Waals surface area contributed by atoms with Gasteiger partial charge >= 0.3 is 11.8 Å². The van der Waals surface area contributed by atoms with Crippen molar-refractivity contribution < 1.29 is 18.4 Å². The molecule has 0 unspecified atom stereocenters. The van der Waals surface area contributed by atoms with Gasteiger partial charge in [-0.2, -0.15) is 0 Å². The van der Waals surface area contributed by atoms with E-state index in [1.54, 1.807) is 0 Å². The number of carbonyl (C=O) groups is 2. The molecule has 4 nitrogen and oxygen atoms in total. The van der Waals surface area contributed by atoms with Crippen LogP contribution in [-0.4, -0.2) is 18.4 Å². The van der Waals surface area contributed by atoms with E-state index in [-0.39, 0.29) is 5.69 Å². The van der Waals surface area contributed by atoms with E-state index >= 15 is 0 Å². The van der Waals surface area contributed by atoms with Gasteiger partial charge in [-0.1, -0.05) is 6.92 Å². The molecule has 2 amide bonds. The van der Waals surface area contributed by atoms with Crippen LogP contribution < -0.4 is 10.6 Å². The lowest BCUT2D eigenvalue weighted by Crippen LogP contribution is -2.35. The highest BCUT2D eigenvalue weighted by molar-refractivity contribution is 6.39. The van der Waals surface area contributed by atoms with E-state index in [0.29, 0.717) is 19.0 Å². The normalized spacial score (nSPS) is 9.82. The van der Waals surface area contributed by atoms with E-state index in [1.807, 2.05) is 6.92 Å². The maximum absolute atomic E-state index is 13.1. The van der Waals surface area contributed by atoms with Crippen molar-refractivity contribution in [2.24, 2.45) is 0 Å². The van der Waals surface area contributed by atoms with Crippen LogP contribution >= 0.6 is 0 Å². The highest BCUT2D eigenvalue weighted by Gasteiger charge is 2.14. The minimum atomic E-state index is -0.982. The first kappa shape index (κ1) is 13.1. The summed E-state index contributed by atoms with van der Waals surface area (Å²) in [6.45, 7) is 2.19. The smallest absolute Gasteiger partial charge is 0.313 e. The first-order valence-electron chi connectivity index (χ1n) is 5.08. The van der Waals surface area contributed by atoms with E-state index < -0.39 is 23.4 Å². The fraction of sp³-hybridized carbons (Fsp3) is 0.273. The third-order valence-electron chi connectivity index (χ3n) is 1.92. The summed E-state index contributed by atoms with van der Waals surface area (Å²) in [6, 6.07) is 2.66. The van der Waals surface area contributed by atoms with Crippen molar-refractivity contribution in [2.45, 2.75) is 13.3 Å². The van der Waals surface area contributed by atoms with Gasteiger partial charge in [-0.15, -0.1) is 0 Å². The molecular weight excluding hydrogens is 230 g/mol. The molecule has 0 heterocycles. The van der Waals surface area contributed by atoms with E-state index in [0.717, 1.165) is 12.1 Å². The van der Waals surface area contributed by atoms with Crippen LogP contribution in [0.3, 0.4) is 0 Å².